The molecule has 0 aliphatic heterocycles. The summed E-state index contributed by atoms with van der Waals surface area (Å²) in [5.41, 5.74) is 3.95. The van der Waals surface area contributed by atoms with Crippen molar-refractivity contribution in [3.63, 3.8) is 0 Å². The van der Waals surface area contributed by atoms with E-state index in [1.165, 1.54) is 29.0 Å². The Morgan fingerprint density at radius 1 is 1.07 bits per heavy atom. The van der Waals surface area contributed by atoms with Gasteiger partial charge in [0.05, 0.1) is 18.3 Å². The first-order valence-electron chi connectivity index (χ1n) is 9.27. The van der Waals surface area contributed by atoms with E-state index in [0.29, 0.717) is 22.7 Å². The van der Waals surface area contributed by atoms with Gasteiger partial charge in [-0.1, -0.05) is 50.2 Å². The summed E-state index contributed by atoms with van der Waals surface area (Å²) in [6, 6.07) is 14.6. The van der Waals surface area contributed by atoms with Crippen molar-refractivity contribution < 1.29 is 4.39 Å². The molecule has 0 aliphatic carbocycles. The summed E-state index contributed by atoms with van der Waals surface area (Å²) in [6.45, 7) is 6.76. The van der Waals surface area contributed by atoms with Gasteiger partial charge in [0.15, 0.2) is 0 Å². The number of rotatable bonds is 4. The number of thiophene rings is 1. The minimum absolute atomic E-state index is 0.0680. The third kappa shape index (κ3) is 3.38. The Hall–Kier alpha value is -2.79. The van der Waals surface area contributed by atoms with Crippen molar-refractivity contribution >= 4 is 21.6 Å². The lowest BCUT2D eigenvalue weighted by Gasteiger charge is -2.09. The van der Waals surface area contributed by atoms with Crippen molar-refractivity contribution in [1.82, 2.24) is 9.55 Å². The Labute approximate surface area is 167 Å². The quantitative estimate of drug-likeness (QED) is 0.444. The fourth-order valence-corrected chi connectivity index (χ4v) is 4.42. The zero-order valence-electron chi connectivity index (χ0n) is 16.1. The van der Waals surface area contributed by atoms with E-state index < -0.39 is 0 Å². The summed E-state index contributed by atoms with van der Waals surface area (Å²) < 4.78 is 15.0. The normalized spacial score (nSPS) is 11.5. The number of hydrogen-bond donors (Lipinski definition) is 0. The van der Waals surface area contributed by atoms with Gasteiger partial charge in [-0.25, -0.2) is 9.37 Å². The van der Waals surface area contributed by atoms with Gasteiger partial charge in [0, 0.05) is 10.4 Å². The van der Waals surface area contributed by atoms with Crippen LogP contribution in [0.1, 0.15) is 35.8 Å². The lowest BCUT2D eigenvalue weighted by molar-refractivity contribution is 0.628. The predicted octanol–water partition coefficient (Wildman–Crippen LogP) is 5.74. The molecule has 142 valence electrons. The second-order valence-electron chi connectivity index (χ2n) is 7.29. The van der Waals surface area contributed by atoms with Crippen LogP contribution in [0.15, 0.2) is 59.7 Å². The zero-order valence-corrected chi connectivity index (χ0v) is 16.9. The molecule has 0 unspecified atom stereocenters. The van der Waals surface area contributed by atoms with Gasteiger partial charge in [-0.05, 0) is 41.7 Å². The van der Waals surface area contributed by atoms with Gasteiger partial charge in [-0.2, -0.15) is 0 Å². The van der Waals surface area contributed by atoms with E-state index in [-0.39, 0.29) is 11.4 Å². The minimum Gasteiger partial charge on any atom is -0.294 e. The molecule has 3 nitrogen and oxygen atoms in total. The van der Waals surface area contributed by atoms with Crippen LogP contribution in [0.3, 0.4) is 0 Å². The minimum atomic E-state index is -0.290. The highest BCUT2D eigenvalue weighted by molar-refractivity contribution is 7.19. The van der Waals surface area contributed by atoms with E-state index in [9.17, 15) is 9.18 Å². The molecule has 4 aromatic rings. The Morgan fingerprint density at radius 2 is 1.75 bits per heavy atom. The van der Waals surface area contributed by atoms with E-state index in [1.807, 2.05) is 6.92 Å². The summed E-state index contributed by atoms with van der Waals surface area (Å²) >= 11 is 1.49. The van der Waals surface area contributed by atoms with Crippen molar-refractivity contribution in [1.29, 1.82) is 0 Å². The second kappa shape index (κ2) is 7.32. The fraction of sp³-hybridized carbons (Fsp3) is 0.217. The van der Waals surface area contributed by atoms with E-state index in [4.69, 9.17) is 0 Å². The highest BCUT2D eigenvalue weighted by atomic mass is 32.1. The SMILES string of the molecule is Cc1sc2ncn(Cc3ccc(C(C)C)cc3)c(=O)c2c1-c1ccc(F)cc1. The molecule has 0 spiro atoms. The Kier molecular flexibility index (Phi) is 4.85. The number of fused-ring (bicyclic) bond motifs is 1. The molecule has 0 saturated carbocycles. The molecule has 4 rings (SSSR count). The van der Waals surface area contributed by atoms with Crippen LogP contribution in [0.5, 0.6) is 0 Å². The summed E-state index contributed by atoms with van der Waals surface area (Å²) in [7, 11) is 0. The monoisotopic (exact) mass is 392 g/mol. The first-order chi connectivity index (χ1) is 13.4. The molecular formula is C23H21FN2OS. The van der Waals surface area contributed by atoms with E-state index in [0.717, 1.165) is 21.6 Å². The molecule has 2 heterocycles. The van der Waals surface area contributed by atoms with Crippen molar-refractivity contribution in [2.24, 2.45) is 0 Å². The average molecular weight is 392 g/mol. The predicted molar refractivity (Wildman–Crippen MR) is 114 cm³/mol. The van der Waals surface area contributed by atoms with Crippen LogP contribution in [0.25, 0.3) is 21.3 Å². The molecule has 0 bridgehead atoms. The topological polar surface area (TPSA) is 34.9 Å². The van der Waals surface area contributed by atoms with Crippen LogP contribution in [0, 0.1) is 12.7 Å². The van der Waals surface area contributed by atoms with Crippen molar-refractivity contribution in [2.45, 2.75) is 33.2 Å². The first kappa shape index (κ1) is 18.6. The number of aromatic nitrogens is 2. The van der Waals surface area contributed by atoms with Crippen LogP contribution in [0.4, 0.5) is 4.39 Å². The third-order valence-electron chi connectivity index (χ3n) is 4.99. The summed E-state index contributed by atoms with van der Waals surface area (Å²) in [5, 5.41) is 0.607. The number of hydrogen-bond acceptors (Lipinski definition) is 3. The van der Waals surface area contributed by atoms with Crippen LogP contribution in [0.2, 0.25) is 0 Å². The van der Waals surface area contributed by atoms with Gasteiger partial charge < -0.3 is 0 Å². The molecule has 28 heavy (non-hydrogen) atoms. The van der Waals surface area contributed by atoms with Gasteiger partial charge in [0.2, 0.25) is 0 Å². The first-order valence-corrected chi connectivity index (χ1v) is 10.1. The Bertz CT molecular complexity index is 1190. The van der Waals surface area contributed by atoms with Crippen LogP contribution in [-0.4, -0.2) is 9.55 Å². The van der Waals surface area contributed by atoms with Gasteiger partial charge >= 0.3 is 0 Å². The second-order valence-corrected chi connectivity index (χ2v) is 8.50. The van der Waals surface area contributed by atoms with Crippen molar-refractivity contribution in [2.75, 3.05) is 0 Å². The largest absolute Gasteiger partial charge is 0.294 e. The third-order valence-corrected chi connectivity index (χ3v) is 6.00. The van der Waals surface area contributed by atoms with Crippen LogP contribution < -0.4 is 5.56 Å². The molecule has 0 atom stereocenters. The zero-order chi connectivity index (χ0) is 19.8. The van der Waals surface area contributed by atoms with Crippen LogP contribution >= 0.6 is 11.3 Å². The van der Waals surface area contributed by atoms with Gasteiger partial charge in [0.1, 0.15) is 10.6 Å². The van der Waals surface area contributed by atoms with Crippen molar-refractivity contribution in [3.8, 4) is 11.1 Å². The molecule has 0 saturated heterocycles. The number of benzene rings is 2. The summed E-state index contributed by atoms with van der Waals surface area (Å²) in [6.07, 6.45) is 1.62. The van der Waals surface area contributed by atoms with E-state index in [2.05, 4.69) is 43.1 Å². The summed E-state index contributed by atoms with van der Waals surface area (Å²) in [4.78, 5) is 19.5. The summed E-state index contributed by atoms with van der Waals surface area (Å²) in [5.74, 6) is 0.183. The van der Waals surface area contributed by atoms with Crippen LogP contribution in [-0.2, 0) is 6.54 Å². The smallest absolute Gasteiger partial charge is 0.263 e. The maximum absolute atomic E-state index is 13.3. The maximum Gasteiger partial charge on any atom is 0.263 e. The average Bonchev–Trinajstić information content (AvgIpc) is 3.02. The van der Waals surface area contributed by atoms with Gasteiger partial charge in [0.25, 0.3) is 5.56 Å². The highest BCUT2D eigenvalue weighted by Crippen LogP contribution is 2.35. The molecule has 0 N–H and O–H groups in total. The lowest BCUT2D eigenvalue weighted by atomic mass is 10.0. The molecule has 2 aromatic carbocycles. The van der Waals surface area contributed by atoms with Crippen molar-refractivity contribution in [3.05, 3.63) is 87.0 Å². The lowest BCUT2D eigenvalue weighted by Crippen LogP contribution is -2.21. The molecule has 5 heteroatoms. The molecule has 0 aliphatic rings. The van der Waals surface area contributed by atoms with Gasteiger partial charge in [-0.3, -0.25) is 9.36 Å². The maximum atomic E-state index is 13.3. The fourth-order valence-electron chi connectivity index (χ4n) is 3.42. The number of halogens is 1. The standard InChI is InChI=1S/C23H21FN2OS/c1-14(2)17-6-4-16(5-7-17)12-26-13-25-22-21(23(26)27)20(15(3)28-22)18-8-10-19(24)11-9-18/h4-11,13-14H,12H2,1-3H3. The highest BCUT2D eigenvalue weighted by Gasteiger charge is 2.17. The Balaban J connectivity index is 1.79. The number of aryl methyl sites for hydroxylation is 1. The van der Waals surface area contributed by atoms with E-state index >= 15 is 0 Å². The molecule has 2 aromatic heterocycles. The molecular weight excluding hydrogens is 371 g/mol. The van der Waals surface area contributed by atoms with E-state index in [1.54, 1.807) is 23.0 Å². The molecule has 0 fully saturated rings. The molecule has 0 amide bonds. The Morgan fingerprint density at radius 3 is 2.39 bits per heavy atom. The molecule has 0 radical (unpaired) electrons. The van der Waals surface area contributed by atoms with Gasteiger partial charge in [-0.15, -0.1) is 11.3 Å². The number of nitrogens with zero attached hydrogens (tertiary/aromatic N) is 2.